The molecule has 0 saturated carbocycles. The first kappa shape index (κ1) is 14.6. The van der Waals surface area contributed by atoms with Crippen molar-refractivity contribution in [3.05, 3.63) is 29.8 Å². The Bertz CT molecular complexity index is 408. The first-order valence-electron chi connectivity index (χ1n) is 6.18. The highest BCUT2D eigenvalue weighted by atomic mass is 16.6. The maximum atomic E-state index is 11.8. The highest BCUT2D eigenvalue weighted by molar-refractivity contribution is 5.90. The Labute approximate surface area is 110 Å². The molecule has 1 aromatic rings. The molecule has 1 rings (SSSR count). The smallest absolute Gasteiger partial charge is 0.338 e. The second-order valence-corrected chi connectivity index (χ2v) is 6.45. The summed E-state index contributed by atoms with van der Waals surface area (Å²) in [6.45, 7) is 11.9. The van der Waals surface area contributed by atoms with Gasteiger partial charge < -0.3 is 10.1 Å². The van der Waals surface area contributed by atoms with Crippen LogP contribution in [0.1, 0.15) is 51.9 Å². The van der Waals surface area contributed by atoms with Gasteiger partial charge >= 0.3 is 5.97 Å². The molecule has 0 amide bonds. The summed E-state index contributed by atoms with van der Waals surface area (Å²) < 4.78 is 5.31. The van der Waals surface area contributed by atoms with Crippen LogP contribution in [0.15, 0.2) is 24.3 Å². The van der Waals surface area contributed by atoms with E-state index in [-0.39, 0.29) is 11.5 Å². The van der Waals surface area contributed by atoms with E-state index in [1.165, 1.54) is 0 Å². The van der Waals surface area contributed by atoms with Crippen LogP contribution in [0.2, 0.25) is 0 Å². The van der Waals surface area contributed by atoms with Crippen molar-refractivity contribution in [1.82, 2.24) is 0 Å². The van der Waals surface area contributed by atoms with E-state index in [0.717, 1.165) is 5.69 Å². The summed E-state index contributed by atoms with van der Waals surface area (Å²) in [6.07, 6.45) is 0. The molecule has 1 aromatic carbocycles. The molecule has 0 fully saturated rings. The second kappa shape index (κ2) is 5.01. The van der Waals surface area contributed by atoms with Gasteiger partial charge in [-0.1, -0.05) is 0 Å². The number of carbonyl (C=O) groups excluding carboxylic acids is 1. The van der Waals surface area contributed by atoms with E-state index < -0.39 is 5.60 Å². The summed E-state index contributed by atoms with van der Waals surface area (Å²) in [6, 6.07) is 7.35. The van der Waals surface area contributed by atoms with Gasteiger partial charge in [0.1, 0.15) is 5.60 Å². The predicted molar refractivity (Wildman–Crippen MR) is 75.0 cm³/mol. The molecule has 0 aromatic heterocycles. The standard InChI is InChI=1S/C15H23NO2/c1-14(2,3)16-12-9-7-11(8-10-12)13(17)18-15(4,5)6/h7-10,16H,1-6H3. The van der Waals surface area contributed by atoms with Gasteiger partial charge in [-0.3, -0.25) is 0 Å². The predicted octanol–water partition coefficient (Wildman–Crippen LogP) is 3.85. The molecule has 3 nitrogen and oxygen atoms in total. The molecule has 1 N–H and O–H groups in total. The van der Waals surface area contributed by atoms with Crippen LogP contribution in [-0.2, 0) is 4.74 Å². The van der Waals surface area contributed by atoms with Crippen molar-refractivity contribution >= 4 is 11.7 Å². The minimum atomic E-state index is -0.459. The quantitative estimate of drug-likeness (QED) is 0.809. The van der Waals surface area contributed by atoms with E-state index in [2.05, 4.69) is 26.1 Å². The maximum absolute atomic E-state index is 11.8. The molecule has 0 atom stereocenters. The summed E-state index contributed by atoms with van der Waals surface area (Å²) in [4.78, 5) is 11.8. The summed E-state index contributed by atoms with van der Waals surface area (Å²) in [5, 5.41) is 3.34. The van der Waals surface area contributed by atoms with Crippen LogP contribution in [0.25, 0.3) is 0 Å². The fraction of sp³-hybridized carbons (Fsp3) is 0.533. The molecule has 18 heavy (non-hydrogen) atoms. The third-order valence-electron chi connectivity index (χ3n) is 2.04. The van der Waals surface area contributed by atoms with Gasteiger partial charge in [-0.05, 0) is 65.8 Å². The van der Waals surface area contributed by atoms with Gasteiger partial charge in [-0.2, -0.15) is 0 Å². The zero-order valence-corrected chi connectivity index (χ0v) is 12.1. The summed E-state index contributed by atoms with van der Waals surface area (Å²) in [5.41, 5.74) is 1.12. The Balaban J connectivity index is 2.74. The van der Waals surface area contributed by atoms with Crippen molar-refractivity contribution in [2.24, 2.45) is 0 Å². The minimum Gasteiger partial charge on any atom is -0.456 e. The first-order chi connectivity index (χ1) is 8.07. The largest absolute Gasteiger partial charge is 0.456 e. The molecule has 0 aliphatic rings. The van der Waals surface area contributed by atoms with Crippen LogP contribution in [0.5, 0.6) is 0 Å². The molecule has 0 spiro atoms. The normalized spacial score (nSPS) is 12.1. The Hall–Kier alpha value is -1.51. The average Bonchev–Trinajstić information content (AvgIpc) is 2.13. The third-order valence-corrected chi connectivity index (χ3v) is 2.04. The topological polar surface area (TPSA) is 38.3 Å². The molecule has 3 heteroatoms. The summed E-state index contributed by atoms with van der Waals surface area (Å²) >= 11 is 0. The highest BCUT2D eigenvalue weighted by Crippen LogP contribution is 2.17. The third kappa shape index (κ3) is 5.21. The highest BCUT2D eigenvalue weighted by Gasteiger charge is 2.17. The lowest BCUT2D eigenvalue weighted by atomic mass is 10.1. The Kier molecular flexibility index (Phi) is 4.05. The van der Waals surface area contributed by atoms with Crippen molar-refractivity contribution in [2.75, 3.05) is 5.32 Å². The van der Waals surface area contributed by atoms with Crippen LogP contribution in [0.3, 0.4) is 0 Å². The van der Waals surface area contributed by atoms with Crippen LogP contribution in [0.4, 0.5) is 5.69 Å². The number of hydrogen-bond acceptors (Lipinski definition) is 3. The van der Waals surface area contributed by atoms with E-state index in [9.17, 15) is 4.79 Å². The lowest BCUT2D eigenvalue weighted by molar-refractivity contribution is 0.00696. The van der Waals surface area contributed by atoms with E-state index >= 15 is 0 Å². The molecule has 0 radical (unpaired) electrons. The number of esters is 1. The zero-order valence-electron chi connectivity index (χ0n) is 12.1. The van der Waals surface area contributed by atoms with Gasteiger partial charge in [0, 0.05) is 11.2 Å². The van der Waals surface area contributed by atoms with Gasteiger partial charge in [0.15, 0.2) is 0 Å². The maximum Gasteiger partial charge on any atom is 0.338 e. The molecular formula is C15H23NO2. The van der Waals surface area contributed by atoms with Crippen molar-refractivity contribution < 1.29 is 9.53 Å². The number of ether oxygens (including phenoxy) is 1. The molecule has 0 bridgehead atoms. The lowest BCUT2D eigenvalue weighted by Gasteiger charge is -2.22. The number of rotatable bonds is 2. The van der Waals surface area contributed by atoms with Crippen LogP contribution < -0.4 is 5.32 Å². The van der Waals surface area contributed by atoms with Crippen molar-refractivity contribution in [2.45, 2.75) is 52.7 Å². The van der Waals surface area contributed by atoms with E-state index in [4.69, 9.17) is 4.74 Å². The van der Waals surface area contributed by atoms with Crippen molar-refractivity contribution in [3.8, 4) is 0 Å². The molecule has 0 unspecified atom stereocenters. The average molecular weight is 249 g/mol. The monoisotopic (exact) mass is 249 g/mol. The molecule has 0 aliphatic carbocycles. The van der Waals surface area contributed by atoms with Gasteiger partial charge in [-0.25, -0.2) is 4.79 Å². The summed E-state index contributed by atoms with van der Waals surface area (Å²) in [7, 11) is 0. The Morgan fingerprint density at radius 1 is 1.00 bits per heavy atom. The first-order valence-corrected chi connectivity index (χ1v) is 6.18. The molecule has 0 aliphatic heterocycles. The SMILES string of the molecule is CC(C)(C)Nc1ccc(C(=O)OC(C)(C)C)cc1. The summed E-state index contributed by atoms with van der Waals surface area (Å²) in [5.74, 6) is -0.287. The minimum absolute atomic E-state index is 0.00738. The van der Waals surface area contributed by atoms with Crippen LogP contribution in [0, 0.1) is 0 Å². The van der Waals surface area contributed by atoms with Gasteiger partial charge in [0.25, 0.3) is 0 Å². The molecule has 100 valence electrons. The number of benzene rings is 1. The van der Waals surface area contributed by atoms with Crippen molar-refractivity contribution in [1.29, 1.82) is 0 Å². The second-order valence-electron chi connectivity index (χ2n) is 6.45. The Morgan fingerprint density at radius 3 is 1.89 bits per heavy atom. The number of anilines is 1. The van der Waals surface area contributed by atoms with Gasteiger partial charge in [0.05, 0.1) is 5.56 Å². The van der Waals surface area contributed by atoms with E-state index in [1.807, 2.05) is 32.9 Å². The fourth-order valence-electron chi connectivity index (χ4n) is 1.46. The van der Waals surface area contributed by atoms with Crippen molar-refractivity contribution in [3.63, 3.8) is 0 Å². The molecular weight excluding hydrogens is 226 g/mol. The van der Waals surface area contributed by atoms with Gasteiger partial charge in [0.2, 0.25) is 0 Å². The van der Waals surface area contributed by atoms with Crippen LogP contribution >= 0.6 is 0 Å². The number of nitrogens with one attached hydrogen (secondary N) is 1. The molecule has 0 heterocycles. The fourth-order valence-corrected chi connectivity index (χ4v) is 1.46. The van der Waals surface area contributed by atoms with E-state index in [0.29, 0.717) is 5.56 Å². The lowest BCUT2D eigenvalue weighted by Crippen LogP contribution is -2.26. The zero-order chi connectivity index (χ0) is 14.0. The van der Waals surface area contributed by atoms with Crippen LogP contribution in [-0.4, -0.2) is 17.1 Å². The van der Waals surface area contributed by atoms with E-state index in [1.54, 1.807) is 12.1 Å². The number of carbonyl (C=O) groups is 1. The van der Waals surface area contributed by atoms with Gasteiger partial charge in [-0.15, -0.1) is 0 Å². The molecule has 0 saturated heterocycles. The Morgan fingerprint density at radius 2 is 1.50 bits per heavy atom. The number of hydrogen-bond donors (Lipinski definition) is 1.